The molecular formula is C32H36FN3O2. The fourth-order valence-electron chi connectivity index (χ4n) is 7.55. The summed E-state index contributed by atoms with van der Waals surface area (Å²) in [5.41, 5.74) is 7.92. The second-order valence-corrected chi connectivity index (χ2v) is 11.7. The summed E-state index contributed by atoms with van der Waals surface area (Å²) in [4.78, 5) is 14.2. The Balaban J connectivity index is 1.45. The van der Waals surface area contributed by atoms with Crippen LogP contribution in [0.4, 0.5) is 4.39 Å². The van der Waals surface area contributed by atoms with Gasteiger partial charge < -0.3 is 14.2 Å². The number of carbonyl (C=O) groups is 1. The van der Waals surface area contributed by atoms with E-state index in [2.05, 4.69) is 44.5 Å². The molecule has 1 aliphatic carbocycles. The third-order valence-electron chi connectivity index (χ3n) is 9.22. The van der Waals surface area contributed by atoms with E-state index in [1.807, 2.05) is 6.07 Å². The molecule has 1 saturated heterocycles. The molecule has 0 bridgehead atoms. The van der Waals surface area contributed by atoms with Crippen molar-refractivity contribution in [2.24, 2.45) is 0 Å². The number of piperidine rings is 1. The number of aryl methyl sites for hydroxylation is 2. The molecule has 38 heavy (non-hydrogen) atoms. The number of hydrogen-bond donors (Lipinski definition) is 1. The molecule has 4 aromatic rings. The predicted octanol–water partition coefficient (Wildman–Crippen LogP) is 7.35. The van der Waals surface area contributed by atoms with Gasteiger partial charge in [-0.15, -0.1) is 0 Å². The first-order valence-electron chi connectivity index (χ1n) is 14.5. The molecule has 2 fully saturated rings. The van der Waals surface area contributed by atoms with Gasteiger partial charge in [0.2, 0.25) is 0 Å². The van der Waals surface area contributed by atoms with Gasteiger partial charge in [0.05, 0.1) is 16.8 Å². The van der Waals surface area contributed by atoms with Gasteiger partial charge in [-0.2, -0.15) is 0 Å². The number of nitrogens with zero attached hydrogens (tertiary/aromatic N) is 3. The monoisotopic (exact) mass is 513 g/mol. The lowest BCUT2D eigenvalue weighted by Crippen LogP contribution is -2.35. The van der Waals surface area contributed by atoms with Gasteiger partial charge in [0.25, 0.3) is 0 Å². The fourth-order valence-corrected chi connectivity index (χ4v) is 7.55. The lowest BCUT2D eigenvalue weighted by atomic mass is 9.81. The van der Waals surface area contributed by atoms with Gasteiger partial charge in [0.15, 0.2) is 0 Å². The first-order valence-corrected chi connectivity index (χ1v) is 14.5. The smallest absolute Gasteiger partial charge is 0.335 e. The molecule has 198 valence electrons. The molecule has 0 spiro atoms. The van der Waals surface area contributed by atoms with Crippen LogP contribution in [0.5, 0.6) is 0 Å². The minimum atomic E-state index is -0.874. The number of carboxylic acids is 1. The lowest BCUT2D eigenvalue weighted by molar-refractivity contribution is 0.0697. The number of carboxylic acid groups (broad SMARTS) is 1. The Bertz CT molecular complexity index is 1530. The summed E-state index contributed by atoms with van der Waals surface area (Å²) in [6.07, 6.45) is 10.4. The van der Waals surface area contributed by atoms with Crippen molar-refractivity contribution in [3.8, 4) is 11.3 Å². The summed E-state index contributed by atoms with van der Waals surface area (Å²) < 4.78 is 19.0. The SMILES string of the molecule is O=C(O)c1ccc2c(C3CCCCC3)c3n(c2c1)CCCn1cc(CN2CCCC(F)C2)c2cccc-3c21. The number of fused-ring (bicyclic) bond motifs is 4. The number of aromatic carboxylic acids is 1. The molecule has 0 amide bonds. The van der Waals surface area contributed by atoms with Crippen molar-refractivity contribution in [3.05, 3.63) is 59.3 Å². The van der Waals surface area contributed by atoms with Crippen molar-refractivity contribution < 1.29 is 14.3 Å². The van der Waals surface area contributed by atoms with Crippen molar-refractivity contribution in [1.82, 2.24) is 14.0 Å². The normalized spacial score (nSPS) is 20.9. The average molecular weight is 514 g/mol. The number of likely N-dealkylation sites (tertiary alicyclic amines) is 1. The lowest BCUT2D eigenvalue weighted by Gasteiger charge is -2.28. The molecular weight excluding hydrogens is 477 g/mol. The van der Waals surface area contributed by atoms with Crippen molar-refractivity contribution in [2.75, 3.05) is 13.1 Å². The van der Waals surface area contributed by atoms with Crippen LogP contribution in [0.3, 0.4) is 0 Å². The molecule has 2 aromatic heterocycles. The average Bonchev–Trinajstić information content (AvgIpc) is 3.43. The van der Waals surface area contributed by atoms with E-state index in [-0.39, 0.29) is 0 Å². The van der Waals surface area contributed by atoms with E-state index in [4.69, 9.17) is 0 Å². The Labute approximate surface area is 222 Å². The van der Waals surface area contributed by atoms with Crippen molar-refractivity contribution in [2.45, 2.75) is 83.1 Å². The van der Waals surface area contributed by atoms with Crippen LogP contribution >= 0.6 is 0 Å². The van der Waals surface area contributed by atoms with Crippen LogP contribution in [-0.2, 0) is 19.6 Å². The summed E-state index contributed by atoms with van der Waals surface area (Å²) in [5.74, 6) is -0.382. The topological polar surface area (TPSA) is 50.4 Å². The molecule has 1 N–H and O–H groups in total. The Morgan fingerprint density at radius 1 is 0.947 bits per heavy atom. The van der Waals surface area contributed by atoms with E-state index in [1.165, 1.54) is 70.8 Å². The minimum absolute atomic E-state index is 0.353. The summed E-state index contributed by atoms with van der Waals surface area (Å²) in [7, 11) is 0. The van der Waals surface area contributed by atoms with Crippen LogP contribution in [0.1, 0.15) is 78.8 Å². The summed E-state index contributed by atoms with van der Waals surface area (Å²) in [6.45, 7) is 4.04. The van der Waals surface area contributed by atoms with E-state index in [0.29, 0.717) is 24.4 Å². The Morgan fingerprint density at radius 3 is 2.63 bits per heavy atom. The molecule has 3 aliphatic rings. The van der Waals surface area contributed by atoms with Crippen LogP contribution in [0.25, 0.3) is 33.1 Å². The maximum atomic E-state index is 14.2. The standard InChI is InChI=1S/C32H36FN3O2/c33-24-9-5-14-34(20-24)18-23-19-35-15-6-16-36-28-17-22(32(37)38)12-13-26(28)29(21-7-2-1-3-8-21)31(36)27-11-4-10-25(23)30(27)35/h4,10-13,17,19,21,24H,1-3,5-9,14-16,18,20H2,(H,37,38). The molecule has 5 nitrogen and oxygen atoms in total. The fraction of sp³-hybridized carbons (Fsp3) is 0.469. The minimum Gasteiger partial charge on any atom is -0.478 e. The highest BCUT2D eigenvalue weighted by molar-refractivity contribution is 6.03. The van der Waals surface area contributed by atoms with Crippen molar-refractivity contribution in [1.29, 1.82) is 0 Å². The zero-order valence-corrected chi connectivity index (χ0v) is 22.0. The van der Waals surface area contributed by atoms with Gasteiger partial charge in [-0.3, -0.25) is 4.90 Å². The predicted molar refractivity (Wildman–Crippen MR) is 150 cm³/mol. The molecule has 2 aromatic carbocycles. The molecule has 0 radical (unpaired) electrons. The molecule has 7 rings (SSSR count). The van der Waals surface area contributed by atoms with Gasteiger partial charge in [-0.1, -0.05) is 43.5 Å². The number of rotatable bonds is 4. The Kier molecular flexibility index (Phi) is 6.03. The van der Waals surface area contributed by atoms with Crippen molar-refractivity contribution >= 4 is 27.8 Å². The second-order valence-electron chi connectivity index (χ2n) is 11.7. The summed E-state index contributed by atoms with van der Waals surface area (Å²) in [5, 5.41) is 12.3. The van der Waals surface area contributed by atoms with E-state index < -0.39 is 12.1 Å². The number of para-hydroxylation sites is 1. The van der Waals surface area contributed by atoms with Crippen LogP contribution in [0.15, 0.2) is 42.6 Å². The van der Waals surface area contributed by atoms with E-state index in [1.54, 1.807) is 6.07 Å². The highest BCUT2D eigenvalue weighted by atomic mass is 19.1. The first kappa shape index (κ1) is 24.0. The summed E-state index contributed by atoms with van der Waals surface area (Å²) >= 11 is 0. The molecule has 1 unspecified atom stereocenters. The molecule has 1 saturated carbocycles. The number of alkyl halides is 1. The highest BCUT2D eigenvalue weighted by Crippen LogP contribution is 2.47. The largest absolute Gasteiger partial charge is 0.478 e. The highest BCUT2D eigenvalue weighted by Gasteiger charge is 2.30. The number of aromatic nitrogens is 2. The van der Waals surface area contributed by atoms with Gasteiger partial charge in [-0.25, -0.2) is 9.18 Å². The third kappa shape index (κ3) is 3.96. The first-order chi connectivity index (χ1) is 18.6. The molecule has 6 heteroatoms. The Morgan fingerprint density at radius 2 is 1.82 bits per heavy atom. The van der Waals surface area contributed by atoms with Crippen LogP contribution < -0.4 is 0 Å². The third-order valence-corrected chi connectivity index (χ3v) is 9.22. The second kappa shape index (κ2) is 9.57. The van der Waals surface area contributed by atoms with Gasteiger partial charge in [0, 0.05) is 54.2 Å². The molecule has 1 atom stereocenters. The zero-order valence-electron chi connectivity index (χ0n) is 22.0. The molecule has 2 aliphatic heterocycles. The van der Waals surface area contributed by atoms with Crippen LogP contribution in [0, 0.1) is 0 Å². The van der Waals surface area contributed by atoms with Crippen LogP contribution in [-0.4, -0.2) is 44.4 Å². The maximum absolute atomic E-state index is 14.2. The number of benzene rings is 2. The van der Waals surface area contributed by atoms with Crippen LogP contribution in [0.2, 0.25) is 0 Å². The molecule has 4 heterocycles. The van der Waals surface area contributed by atoms with Crippen molar-refractivity contribution in [3.63, 3.8) is 0 Å². The van der Waals surface area contributed by atoms with Gasteiger partial charge >= 0.3 is 5.97 Å². The van der Waals surface area contributed by atoms with E-state index in [0.717, 1.165) is 44.5 Å². The van der Waals surface area contributed by atoms with E-state index in [9.17, 15) is 14.3 Å². The number of hydrogen-bond acceptors (Lipinski definition) is 2. The Hall–Kier alpha value is -3.12. The summed E-state index contributed by atoms with van der Waals surface area (Å²) in [6, 6.07) is 12.4. The van der Waals surface area contributed by atoms with E-state index >= 15 is 0 Å². The number of halogens is 1. The quantitative estimate of drug-likeness (QED) is 0.310. The van der Waals surface area contributed by atoms with Gasteiger partial charge in [-0.05, 0) is 67.8 Å². The maximum Gasteiger partial charge on any atom is 0.335 e. The zero-order chi connectivity index (χ0) is 25.8. The van der Waals surface area contributed by atoms with Gasteiger partial charge in [0.1, 0.15) is 6.17 Å².